The molecular formula is C29H37N4O2P. The average molecular weight is 505 g/mol. The van der Waals surface area contributed by atoms with Crippen LogP contribution in [0.25, 0.3) is 11.1 Å². The molecule has 0 fully saturated rings. The SMILES string of the molecule is CCN(C)CCN(CC)Cc1ccc(-c2cccc(N(C(C)=O)c3ncc(P)cc3C(C)=O)c2)cc1. The number of amides is 1. The van der Waals surface area contributed by atoms with Crippen LogP contribution < -0.4 is 10.2 Å². The van der Waals surface area contributed by atoms with Crippen molar-refractivity contribution in [3.05, 3.63) is 71.9 Å². The third-order valence-corrected chi connectivity index (χ3v) is 6.69. The van der Waals surface area contributed by atoms with Crippen LogP contribution >= 0.6 is 9.24 Å². The zero-order valence-corrected chi connectivity index (χ0v) is 23.1. The van der Waals surface area contributed by atoms with E-state index in [4.69, 9.17) is 0 Å². The molecule has 1 amide bonds. The Balaban J connectivity index is 1.85. The van der Waals surface area contributed by atoms with E-state index in [0.29, 0.717) is 17.1 Å². The number of pyridine rings is 1. The predicted octanol–water partition coefficient (Wildman–Crippen LogP) is 4.91. The highest BCUT2D eigenvalue weighted by Gasteiger charge is 2.22. The second-order valence-electron chi connectivity index (χ2n) is 9.06. The number of carbonyl (C=O) groups excluding carboxylic acids is 2. The molecule has 190 valence electrons. The summed E-state index contributed by atoms with van der Waals surface area (Å²) in [6, 6.07) is 18.1. The Bertz CT molecular complexity index is 1200. The van der Waals surface area contributed by atoms with Gasteiger partial charge in [0.2, 0.25) is 5.91 Å². The monoisotopic (exact) mass is 504 g/mol. The number of carbonyl (C=O) groups is 2. The van der Waals surface area contributed by atoms with E-state index in [0.717, 1.165) is 49.2 Å². The molecule has 3 rings (SSSR count). The van der Waals surface area contributed by atoms with Gasteiger partial charge in [0.1, 0.15) is 0 Å². The van der Waals surface area contributed by atoms with Gasteiger partial charge in [-0.15, -0.1) is 9.24 Å². The van der Waals surface area contributed by atoms with Crippen molar-refractivity contribution >= 4 is 37.7 Å². The summed E-state index contributed by atoms with van der Waals surface area (Å²) < 4.78 is 0. The molecule has 0 saturated carbocycles. The van der Waals surface area contributed by atoms with Gasteiger partial charge in [-0.3, -0.25) is 19.4 Å². The lowest BCUT2D eigenvalue weighted by Gasteiger charge is -2.24. The van der Waals surface area contributed by atoms with Crippen molar-refractivity contribution in [3.8, 4) is 11.1 Å². The molecule has 1 aromatic heterocycles. The lowest BCUT2D eigenvalue weighted by molar-refractivity contribution is -0.115. The van der Waals surface area contributed by atoms with Gasteiger partial charge < -0.3 is 4.90 Å². The molecule has 1 unspecified atom stereocenters. The molecule has 0 bridgehead atoms. The van der Waals surface area contributed by atoms with E-state index < -0.39 is 0 Å². The number of ketones is 1. The minimum Gasteiger partial charge on any atom is -0.305 e. The van der Waals surface area contributed by atoms with E-state index in [-0.39, 0.29) is 11.7 Å². The highest BCUT2D eigenvalue weighted by molar-refractivity contribution is 7.27. The van der Waals surface area contributed by atoms with Crippen molar-refractivity contribution in [2.45, 2.75) is 34.2 Å². The van der Waals surface area contributed by atoms with Crippen LogP contribution in [0.3, 0.4) is 0 Å². The first-order valence-electron chi connectivity index (χ1n) is 12.4. The Morgan fingerprint density at radius 2 is 1.64 bits per heavy atom. The Morgan fingerprint density at radius 1 is 0.917 bits per heavy atom. The number of rotatable bonds is 11. The molecule has 0 N–H and O–H groups in total. The lowest BCUT2D eigenvalue weighted by Crippen LogP contribution is -2.32. The fourth-order valence-electron chi connectivity index (χ4n) is 4.07. The Hall–Kier alpha value is -2.92. The van der Waals surface area contributed by atoms with E-state index in [1.54, 1.807) is 12.3 Å². The Kier molecular flexibility index (Phi) is 9.89. The zero-order valence-electron chi connectivity index (χ0n) is 22.0. The quantitative estimate of drug-likeness (QED) is 0.274. The number of anilines is 2. The van der Waals surface area contributed by atoms with Crippen LogP contribution in [0, 0.1) is 0 Å². The van der Waals surface area contributed by atoms with Crippen molar-refractivity contribution in [2.75, 3.05) is 38.1 Å². The molecule has 2 aromatic carbocycles. The van der Waals surface area contributed by atoms with Crippen LogP contribution in [0.2, 0.25) is 0 Å². The van der Waals surface area contributed by atoms with Crippen LogP contribution in [0.5, 0.6) is 0 Å². The van der Waals surface area contributed by atoms with Gasteiger partial charge in [-0.25, -0.2) is 4.98 Å². The molecule has 0 radical (unpaired) electrons. The largest absolute Gasteiger partial charge is 0.305 e. The molecule has 0 aliphatic heterocycles. The number of aromatic nitrogens is 1. The summed E-state index contributed by atoms with van der Waals surface area (Å²) in [5.74, 6) is 0.00621. The summed E-state index contributed by atoms with van der Waals surface area (Å²) in [6.07, 6.45) is 1.64. The van der Waals surface area contributed by atoms with Gasteiger partial charge in [0.05, 0.1) is 11.3 Å². The van der Waals surface area contributed by atoms with Crippen molar-refractivity contribution in [1.82, 2.24) is 14.8 Å². The first kappa shape index (κ1) is 27.7. The zero-order chi connectivity index (χ0) is 26.2. The maximum atomic E-state index is 12.7. The van der Waals surface area contributed by atoms with Gasteiger partial charge in [-0.2, -0.15) is 0 Å². The van der Waals surface area contributed by atoms with Crippen molar-refractivity contribution in [2.24, 2.45) is 0 Å². The second kappa shape index (κ2) is 12.9. The van der Waals surface area contributed by atoms with Crippen LogP contribution in [-0.2, 0) is 11.3 Å². The van der Waals surface area contributed by atoms with Crippen LogP contribution in [0.4, 0.5) is 11.5 Å². The number of likely N-dealkylation sites (N-methyl/N-ethyl adjacent to an activating group) is 2. The van der Waals surface area contributed by atoms with Crippen molar-refractivity contribution in [1.29, 1.82) is 0 Å². The van der Waals surface area contributed by atoms with Gasteiger partial charge in [0, 0.05) is 32.8 Å². The fourth-order valence-corrected chi connectivity index (χ4v) is 4.31. The van der Waals surface area contributed by atoms with Crippen LogP contribution in [0.15, 0.2) is 60.8 Å². The number of hydrogen-bond acceptors (Lipinski definition) is 5. The van der Waals surface area contributed by atoms with E-state index in [1.807, 2.05) is 24.3 Å². The normalized spacial score (nSPS) is 11.2. The standard InChI is InChI=1S/C29H37N4O2P/c1-6-31(5)15-16-32(7-2)20-23-11-13-24(14-12-23)25-9-8-10-26(17-25)33(22(4)35)29-28(21(3)34)18-27(36)19-30-29/h8-14,17-19H,6-7,15-16,20,36H2,1-5H3. The fraction of sp³-hybridized carbons (Fsp3) is 0.345. The minimum atomic E-state index is -0.206. The van der Waals surface area contributed by atoms with Crippen molar-refractivity contribution in [3.63, 3.8) is 0 Å². The predicted molar refractivity (Wildman–Crippen MR) is 152 cm³/mol. The van der Waals surface area contributed by atoms with Gasteiger partial charge in [0.25, 0.3) is 0 Å². The van der Waals surface area contributed by atoms with Crippen molar-refractivity contribution < 1.29 is 9.59 Å². The Labute approximate surface area is 217 Å². The molecule has 0 spiro atoms. The molecule has 36 heavy (non-hydrogen) atoms. The molecule has 6 nitrogen and oxygen atoms in total. The third-order valence-electron chi connectivity index (χ3n) is 6.38. The maximum absolute atomic E-state index is 12.7. The van der Waals surface area contributed by atoms with Gasteiger partial charge in [-0.05, 0) is 67.3 Å². The number of nitrogens with zero attached hydrogens (tertiary/aromatic N) is 4. The van der Waals surface area contributed by atoms with E-state index in [9.17, 15) is 9.59 Å². The first-order chi connectivity index (χ1) is 17.2. The van der Waals surface area contributed by atoms with Gasteiger partial charge in [0.15, 0.2) is 11.6 Å². The molecule has 1 atom stereocenters. The van der Waals surface area contributed by atoms with Gasteiger partial charge >= 0.3 is 0 Å². The number of hydrogen-bond donors (Lipinski definition) is 0. The topological polar surface area (TPSA) is 56.8 Å². The summed E-state index contributed by atoms with van der Waals surface area (Å²) in [6.45, 7) is 12.4. The smallest absolute Gasteiger partial charge is 0.229 e. The third kappa shape index (κ3) is 7.07. The summed E-state index contributed by atoms with van der Waals surface area (Å²) in [7, 11) is 4.70. The van der Waals surface area contributed by atoms with E-state index in [2.05, 4.69) is 69.2 Å². The second-order valence-corrected chi connectivity index (χ2v) is 9.73. The summed E-state index contributed by atoms with van der Waals surface area (Å²) >= 11 is 0. The Morgan fingerprint density at radius 3 is 2.25 bits per heavy atom. The molecule has 1 heterocycles. The van der Waals surface area contributed by atoms with Crippen LogP contribution in [-0.4, -0.2) is 59.7 Å². The first-order valence-corrected chi connectivity index (χ1v) is 13.0. The molecule has 0 aliphatic rings. The van der Waals surface area contributed by atoms with E-state index in [1.165, 1.54) is 24.3 Å². The lowest BCUT2D eigenvalue weighted by atomic mass is 10.0. The van der Waals surface area contributed by atoms with Crippen LogP contribution in [0.1, 0.15) is 43.6 Å². The molecular weight excluding hydrogens is 467 g/mol. The van der Waals surface area contributed by atoms with E-state index >= 15 is 0 Å². The minimum absolute atomic E-state index is 0.137. The highest BCUT2D eigenvalue weighted by atomic mass is 31.0. The average Bonchev–Trinajstić information content (AvgIpc) is 2.87. The molecule has 0 saturated heterocycles. The van der Waals surface area contributed by atoms with Gasteiger partial charge in [-0.1, -0.05) is 50.2 Å². The molecule has 7 heteroatoms. The summed E-state index contributed by atoms with van der Waals surface area (Å²) in [5.41, 5.74) is 4.42. The molecule has 0 aliphatic carbocycles. The summed E-state index contributed by atoms with van der Waals surface area (Å²) in [5, 5.41) is 0.792. The number of benzene rings is 2. The highest BCUT2D eigenvalue weighted by Crippen LogP contribution is 2.31. The molecule has 3 aromatic rings. The summed E-state index contributed by atoms with van der Waals surface area (Å²) in [4.78, 5) is 35.7. The maximum Gasteiger partial charge on any atom is 0.229 e. The number of Topliss-reactive ketones (excluding diaryl/α,β-unsaturated/α-hetero) is 1.